The first-order valence-corrected chi connectivity index (χ1v) is 14.3. The van der Waals surface area contributed by atoms with Gasteiger partial charge in [0.25, 0.3) is 0 Å². The van der Waals surface area contributed by atoms with E-state index < -0.39 is 0 Å². The minimum Gasteiger partial charge on any atom is -0.508 e. The number of piperazine rings is 1. The first-order chi connectivity index (χ1) is 19.8. The van der Waals surface area contributed by atoms with Gasteiger partial charge >= 0.3 is 6.01 Å². The van der Waals surface area contributed by atoms with Crippen LogP contribution in [0.15, 0.2) is 55.1 Å². The molecule has 41 heavy (non-hydrogen) atoms. The standard InChI is InChI=1S/C31H33ClN6O3/c1-4-27(40)37-12-13-38(19(2)17-37)30-25-16-26(32)28(24-15-22(39)14-20-8-5-6-10-23(20)24)33-29(25)34-31(35-30)41-18-21-9-7-11-36(21)3/h4-6,8,10,14-16,19,21,39H,1,7,9,11-13,17-18H2,2-3H3/t19-,21-/m0/s1. The second kappa shape index (κ2) is 11.1. The highest BCUT2D eigenvalue weighted by Gasteiger charge is 2.30. The highest BCUT2D eigenvalue weighted by molar-refractivity contribution is 6.34. The number of carbonyl (C=O) groups is 1. The molecule has 2 fully saturated rings. The summed E-state index contributed by atoms with van der Waals surface area (Å²) in [6.45, 7) is 8.88. The van der Waals surface area contributed by atoms with Crippen LogP contribution in [0.4, 0.5) is 5.82 Å². The third-order valence-electron chi connectivity index (χ3n) is 8.16. The number of nitrogens with zero attached hydrogens (tertiary/aromatic N) is 6. The molecule has 0 aliphatic carbocycles. The van der Waals surface area contributed by atoms with Crippen LogP contribution in [0.25, 0.3) is 33.1 Å². The first-order valence-electron chi connectivity index (χ1n) is 13.9. The van der Waals surface area contributed by atoms with Crippen molar-refractivity contribution in [1.29, 1.82) is 0 Å². The molecule has 6 rings (SSSR count). The lowest BCUT2D eigenvalue weighted by Gasteiger charge is -2.40. The van der Waals surface area contributed by atoms with Crippen molar-refractivity contribution in [3.63, 3.8) is 0 Å². The number of phenols is 1. The first kappa shape index (κ1) is 27.2. The van der Waals surface area contributed by atoms with Gasteiger partial charge < -0.3 is 24.5 Å². The zero-order chi connectivity index (χ0) is 28.7. The van der Waals surface area contributed by atoms with Crippen molar-refractivity contribution < 1.29 is 14.6 Å². The number of anilines is 1. The molecule has 9 nitrogen and oxygen atoms in total. The molecule has 1 amide bonds. The van der Waals surface area contributed by atoms with Crippen LogP contribution in [-0.2, 0) is 4.79 Å². The van der Waals surface area contributed by atoms with E-state index in [0.29, 0.717) is 65.4 Å². The van der Waals surface area contributed by atoms with Gasteiger partial charge in [0.15, 0.2) is 5.65 Å². The van der Waals surface area contributed by atoms with E-state index >= 15 is 0 Å². The van der Waals surface area contributed by atoms with E-state index in [1.165, 1.54) is 6.08 Å². The smallest absolute Gasteiger partial charge is 0.320 e. The normalized spacial score (nSPS) is 19.7. The number of aromatic nitrogens is 3. The predicted octanol–water partition coefficient (Wildman–Crippen LogP) is 4.90. The second-order valence-electron chi connectivity index (χ2n) is 10.9. The van der Waals surface area contributed by atoms with Gasteiger partial charge in [-0.1, -0.05) is 42.4 Å². The molecule has 10 heteroatoms. The van der Waals surface area contributed by atoms with Crippen LogP contribution >= 0.6 is 11.6 Å². The number of phenolic OH excluding ortho intramolecular Hbond substituents is 1. The van der Waals surface area contributed by atoms with E-state index in [-0.39, 0.29) is 23.7 Å². The molecule has 2 saturated heterocycles. The zero-order valence-corrected chi connectivity index (χ0v) is 24.0. The van der Waals surface area contributed by atoms with Gasteiger partial charge in [0, 0.05) is 37.3 Å². The summed E-state index contributed by atoms with van der Waals surface area (Å²) in [4.78, 5) is 33.1. The maximum absolute atomic E-state index is 12.3. The topological polar surface area (TPSA) is 94.9 Å². The summed E-state index contributed by atoms with van der Waals surface area (Å²) in [5.74, 6) is 0.719. The molecule has 0 saturated carbocycles. The van der Waals surface area contributed by atoms with Crippen LogP contribution in [0, 0.1) is 0 Å². The van der Waals surface area contributed by atoms with Gasteiger partial charge in [0.05, 0.1) is 16.1 Å². The summed E-state index contributed by atoms with van der Waals surface area (Å²) in [5, 5.41) is 13.4. The molecule has 212 valence electrons. The maximum Gasteiger partial charge on any atom is 0.320 e. The molecule has 4 heterocycles. The number of amides is 1. The van der Waals surface area contributed by atoms with Gasteiger partial charge in [-0.05, 0) is 68.4 Å². The largest absolute Gasteiger partial charge is 0.508 e. The minimum absolute atomic E-state index is 0.0203. The lowest BCUT2D eigenvalue weighted by atomic mass is 10.0. The molecule has 4 aromatic rings. The Bertz CT molecular complexity index is 1650. The Kier molecular flexibility index (Phi) is 7.40. The number of carbonyl (C=O) groups excluding carboxylic acids is 1. The molecule has 1 N–H and O–H groups in total. The molecule has 0 spiro atoms. The quantitative estimate of drug-likeness (QED) is 0.326. The highest BCUT2D eigenvalue weighted by atomic mass is 35.5. The van der Waals surface area contributed by atoms with Crippen molar-refractivity contribution in [2.75, 3.05) is 44.7 Å². The van der Waals surface area contributed by atoms with Gasteiger partial charge in [-0.2, -0.15) is 9.97 Å². The number of hydrogen-bond donors (Lipinski definition) is 1. The van der Waals surface area contributed by atoms with Gasteiger partial charge in [-0.25, -0.2) is 4.98 Å². The molecule has 2 aromatic carbocycles. The van der Waals surface area contributed by atoms with E-state index in [1.807, 2.05) is 30.3 Å². The summed E-state index contributed by atoms with van der Waals surface area (Å²) in [7, 11) is 2.11. The highest BCUT2D eigenvalue weighted by Crippen LogP contribution is 2.38. The zero-order valence-electron chi connectivity index (χ0n) is 23.3. The van der Waals surface area contributed by atoms with Crippen LogP contribution in [0.3, 0.4) is 0 Å². The fourth-order valence-corrected chi connectivity index (χ4v) is 6.17. The lowest BCUT2D eigenvalue weighted by molar-refractivity contribution is -0.126. The molecule has 2 aliphatic rings. The number of halogens is 1. The molecular weight excluding hydrogens is 540 g/mol. The predicted molar refractivity (Wildman–Crippen MR) is 162 cm³/mol. The fraction of sp³-hybridized carbons (Fsp3) is 0.355. The Morgan fingerprint density at radius 3 is 2.73 bits per heavy atom. The Hall–Kier alpha value is -3.95. The Balaban J connectivity index is 1.45. The lowest BCUT2D eigenvalue weighted by Crippen LogP contribution is -2.53. The van der Waals surface area contributed by atoms with Crippen molar-refractivity contribution in [1.82, 2.24) is 24.8 Å². The average Bonchev–Trinajstić information content (AvgIpc) is 3.39. The number of fused-ring (bicyclic) bond motifs is 2. The number of ether oxygens (including phenoxy) is 1. The molecule has 2 aliphatic heterocycles. The summed E-state index contributed by atoms with van der Waals surface area (Å²) in [5.41, 5.74) is 1.69. The van der Waals surface area contributed by atoms with Gasteiger partial charge in [0.1, 0.15) is 18.2 Å². The molecule has 0 bridgehead atoms. The SMILES string of the molecule is C=CC(=O)N1CCN(c2nc(OC[C@@H]3CCCN3C)nc3nc(-c4cc(O)cc5ccccc45)c(Cl)cc23)[C@@H](C)C1. The van der Waals surface area contributed by atoms with Crippen molar-refractivity contribution in [2.24, 2.45) is 0 Å². The molecule has 0 radical (unpaired) electrons. The van der Waals surface area contributed by atoms with Crippen molar-refractivity contribution in [2.45, 2.75) is 31.8 Å². The number of likely N-dealkylation sites (N-methyl/N-ethyl adjacent to an activating group) is 1. The van der Waals surface area contributed by atoms with Crippen LogP contribution in [0.1, 0.15) is 19.8 Å². The third-order valence-corrected chi connectivity index (χ3v) is 8.45. The number of pyridine rings is 1. The fourth-order valence-electron chi connectivity index (χ4n) is 5.92. The van der Waals surface area contributed by atoms with E-state index in [1.54, 1.807) is 17.0 Å². The van der Waals surface area contributed by atoms with E-state index in [2.05, 4.69) is 30.4 Å². The van der Waals surface area contributed by atoms with Crippen LogP contribution in [-0.4, -0.2) is 87.7 Å². The van der Waals surface area contributed by atoms with Crippen LogP contribution < -0.4 is 9.64 Å². The molecular formula is C31H33ClN6O3. The monoisotopic (exact) mass is 572 g/mol. The third kappa shape index (κ3) is 5.27. The summed E-state index contributed by atoms with van der Waals surface area (Å²) in [6, 6.07) is 13.6. The molecule has 0 unspecified atom stereocenters. The van der Waals surface area contributed by atoms with Gasteiger partial charge in [-0.15, -0.1) is 0 Å². The van der Waals surface area contributed by atoms with Crippen LogP contribution in [0.5, 0.6) is 11.8 Å². The Morgan fingerprint density at radius 2 is 1.98 bits per heavy atom. The van der Waals surface area contributed by atoms with Gasteiger partial charge in [-0.3, -0.25) is 4.79 Å². The molecule has 2 aromatic heterocycles. The van der Waals surface area contributed by atoms with E-state index in [9.17, 15) is 9.90 Å². The average molecular weight is 573 g/mol. The number of hydrogen-bond acceptors (Lipinski definition) is 8. The summed E-state index contributed by atoms with van der Waals surface area (Å²) in [6.07, 6.45) is 3.56. The Morgan fingerprint density at radius 1 is 1.15 bits per heavy atom. The second-order valence-corrected chi connectivity index (χ2v) is 11.3. The summed E-state index contributed by atoms with van der Waals surface area (Å²) < 4.78 is 6.20. The maximum atomic E-state index is 12.3. The molecule has 2 atom stereocenters. The van der Waals surface area contributed by atoms with E-state index in [4.69, 9.17) is 31.3 Å². The number of benzene rings is 2. The van der Waals surface area contributed by atoms with Crippen molar-refractivity contribution >= 4 is 45.1 Å². The van der Waals surface area contributed by atoms with Crippen molar-refractivity contribution in [3.05, 3.63) is 60.1 Å². The Labute approximate surface area is 244 Å². The number of aromatic hydroxyl groups is 1. The van der Waals surface area contributed by atoms with Gasteiger partial charge in [0.2, 0.25) is 5.91 Å². The summed E-state index contributed by atoms with van der Waals surface area (Å²) >= 11 is 6.91. The van der Waals surface area contributed by atoms with E-state index in [0.717, 1.165) is 30.2 Å². The minimum atomic E-state index is -0.0820. The van der Waals surface area contributed by atoms with Crippen molar-refractivity contribution in [3.8, 4) is 23.0 Å². The number of rotatable bonds is 6. The number of likely N-dealkylation sites (tertiary alicyclic amines) is 1. The van der Waals surface area contributed by atoms with Crippen LogP contribution in [0.2, 0.25) is 5.02 Å².